The number of carbonyl (C=O) groups is 1. The van der Waals surface area contributed by atoms with Gasteiger partial charge in [0.05, 0.1) is 6.04 Å². The summed E-state index contributed by atoms with van der Waals surface area (Å²) in [4.78, 5) is 15.5. The molecule has 2 unspecified atom stereocenters. The Labute approximate surface area is 152 Å². The minimum Gasteiger partial charge on any atom is -0.465 e. The van der Waals surface area contributed by atoms with E-state index in [1.807, 2.05) is 0 Å². The van der Waals surface area contributed by atoms with Gasteiger partial charge in [-0.05, 0) is 62.2 Å². The smallest absolute Gasteiger partial charge is 0.407 e. The van der Waals surface area contributed by atoms with E-state index < -0.39 is 6.09 Å². The van der Waals surface area contributed by atoms with Crippen LogP contribution in [-0.4, -0.2) is 48.2 Å². The number of nitrogens with zero attached hydrogens (tertiary/aromatic N) is 2. The summed E-state index contributed by atoms with van der Waals surface area (Å²) in [7, 11) is 4.24. The third-order valence-corrected chi connectivity index (χ3v) is 5.61. The molecule has 0 saturated carbocycles. The van der Waals surface area contributed by atoms with Crippen molar-refractivity contribution in [2.75, 3.05) is 27.2 Å². The average Bonchev–Trinajstić information content (AvgIpc) is 2.54. The summed E-state index contributed by atoms with van der Waals surface area (Å²) in [5.74, 6) is 1.64. The topological polar surface area (TPSA) is 43.8 Å². The summed E-state index contributed by atoms with van der Waals surface area (Å²) >= 11 is 0. The van der Waals surface area contributed by atoms with Crippen molar-refractivity contribution in [3.63, 3.8) is 0 Å². The minimum atomic E-state index is -0.796. The number of piperidine rings is 1. The fourth-order valence-electron chi connectivity index (χ4n) is 4.35. The first-order valence-electron chi connectivity index (χ1n) is 9.57. The van der Waals surface area contributed by atoms with Crippen LogP contribution >= 0.6 is 0 Å². The van der Waals surface area contributed by atoms with E-state index in [-0.39, 0.29) is 6.04 Å². The van der Waals surface area contributed by atoms with Crippen molar-refractivity contribution >= 4 is 6.09 Å². The molecule has 1 heterocycles. The zero-order valence-corrected chi connectivity index (χ0v) is 16.4. The van der Waals surface area contributed by atoms with Crippen LogP contribution in [0.1, 0.15) is 63.1 Å². The van der Waals surface area contributed by atoms with Crippen molar-refractivity contribution in [2.24, 2.45) is 11.8 Å². The summed E-state index contributed by atoms with van der Waals surface area (Å²) in [6.07, 6.45) is 2.18. The number of amides is 1. The zero-order valence-electron chi connectivity index (χ0n) is 16.4. The Morgan fingerprint density at radius 2 is 2.12 bits per heavy atom. The number of benzene rings is 1. The van der Waals surface area contributed by atoms with E-state index in [0.29, 0.717) is 24.3 Å². The molecule has 4 nitrogen and oxygen atoms in total. The number of rotatable bonds is 6. The molecule has 1 amide bonds. The summed E-state index contributed by atoms with van der Waals surface area (Å²) in [6.45, 7) is 8.48. The molecule has 0 spiro atoms. The second kappa shape index (κ2) is 8.70. The first-order valence-corrected chi connectivity index (χ1v) is 9.57. The Morgan fingerprint density at radius 1 is 1.40 bits per heavy atom. The zero-order chi connectivity index (χ0) is 18.6. The summed E-state index contributed by atoms with van der Waals surface area (Å²) in [5.41, 5.74) is 2.50. The van der Waals surface area contributed by atoms with Crippen LogP contribution < -0.4 is 0 Å². The van der Waals surface area contributed by atoms with Crippen LogP contribution in [0.25, 0.3) is 0 Å². The van der Waals surface area contributed by atoms with Crippen LogP contribution in [0, 0.1) is 11.8 Å². The highest BCUT2D eigenvalue weighted by atomic mass is 16.4. The number of carboxylic acid groups (broad SMARTS) is 1. The second-order valence-electron chi connectivity index (χ2n) is 8.05. The van der Waals surface area contributed by atoms with E-state index >= 15 is 0 Å². The van der Waals surface area contributed by atoms with Crippen LogP contribution in [-0.2, 0) is 0 Å². The van der Waals surface area contributed by atoms with Gasteiger partial charge in [-0.1, -0.05) is 45.0 Å². The fraction of sp³-hybridized carbons (Fsp3) is 0.667. The van der Waals surface area contributed by atoms with Gasteiger partial charge in [0.25, 0.3) is 0 Å². The first kappa shape index (κ1) is 19.8. The lowest BCUT2D eigenvalue weighted by atomic mass is 9.82. The highest BCUT2D eigenvalue weighted by Crippen LogP contribution is 2.36. The van der Waals surface area contributed by atoms with E-state index in [1.165, 1.54) is 5.56 Å². The Balaban J connectivity index is 2.28. The largest absolute Gasteiger partial charge is 0.465 e. The maximum Gasteiger partial charge on any atom is 0.407 e. The predicted molar refractivity (Wildman–Crippen MR) is 103 cm³/mol. The van der Waals surface area contributed by atoms with Gasteiger partial charge >= 0.3 is 6.09 Å². The van der Waals surface area contributed by atoms with Crippen molar-refractivity contribution in [3.8, 4) is 0 Å². The second-order valence-corrected chi connectivity index (χ2v) is 8.05. The molecule has 0 bridgehead atoms. The van der Waals surface area contributed by atoms with Crippen LogP contribution in [0.5, 0.6) is 0 Å². The van der Waals surface area contributed by atoms with E-state index in [4.69, 9.17) is 0 Å². The van der Waals surface area contributed by atoms with Gasteiger partial charge in [-0.2, -0.15) is 0 Å². The SMILES string of the molecule is CC[C@@H](c1cccc(C2CC(C)CCN2C(=O)O)c1)[C@@H](C)CN(C)C. The molecule has 1 aliphatic heterocycles. The molecule has 1 aromatic carbocycles. The highest BCUT2D eigenvalue weighted by Gasteiger charge is 2.31. The molecule has 1 saturated heterocycles. The lowest BCUT2D eigenvalue weighted by Gasteiger charge is -2.37. The van der Waals surface area contributed by atoms with E-state index in [0.717, 1.165) is 31.4 Å². The van der Waals surface area contributed by atoms with Gasteiger partial charge in [-0.15, -0.1) is 0 Å². The van der Waals surface area contributed by atoms with E-state index in [2.05, 4.69) is 64.0 Å². The molecule has 1 N–H and O–H groups in total. The maximum atomic E-state index is 11.7. The van der Waals surface area contributed by atoms with E-state index in [1.54, 1.807) is 4.90 Å². The van der Waals surface area contributed by atoms with Crippen LogP contribution in [0.4, 0.5) is 4.79 Å². The molecule has 0 aliphatic carbocycles. The normalized spacial score (nSPS) is 23.5. The van der Waals surface area contributed by atoms with Gasteiger partial charge in [0.1, 0.15) is 0 Å². The summed E-state index contributed by atoms with van der Waals surface area (Å²) in [5, 5.41) is 9.59. The lowest BCUT2D eigenvalue weighted by Crippen LogP contribution is -2.39. The summed E-state index contributed by atoms with van der Waals surface area (Å²) < 4.78 is 0. The predicted octanol–water partition coefficient (Wildman–Crippen LogP) is 4.83. The lowest BCUT2D eigenvalue weighted by molar-refractivity contribution is 0.0927. The number of likely N-dealkylation sites (tertiary alicyclic amines) is 1. The Bertz CT molecular complexity index is 573. The molecule has 0 aromatic heterocycles. The number of hydrogen-bond donors (Lipinski definition) is 1. The van der Waals surface area contributed by atoms with Crippen LogP contribution in [0.15, 0.2) is 24.3 Å². The van der Waals surface area contributed by atoms with Gasteiger partial charge in [0.15, 0.2) is 0 Å². The molecule has 1 fully saturated rings. The van der Waals surface area contributed by atoms with Gasteiger partial charge < -0.3 is 14.9 Å². The minimum absolute atomic E-state index is 0.0112. The Hall–Kier alpha value is -1.55. The molecule has 140 valence electrons. The van der Waals surface area contributed by atoms with Gasteiger partial charge in [0.2, 0.25) is 0 Å². The first-order chi connectivity index (χ1) is 11.8. The molecule has 4 atom stereocenters. The van der Waals surface area contributed by atoms with E-state index in [9.17, 15) is 9.90 Å². The third kappa shape index (κ3) is 4.97. The molecule has 4 heteroatoms. The average molecular weight is 347 g/mol. The Morgan fingerprint density at radius 3 is 2.72 bits per heavy atom. The molecule has 2 rings (SSSR count). The molecule has 0 radical (unpaired) electrons. The van der Waals surface area contributed by atoms with Crippen molar-refractivity contribution < 1.29 is 9.90 Å². The van der Waals surface area contributed by atoms with Gasteiger partial charge in [-0.3, -0.25) is 0 Å². The Kier molecular flexibility index (Phi) is 6.88. The van der Waals surface area contributed by atoms with Crippen molar-refractivity contribution in [1.82, 2.24) is 9.80 Å². The highest BCUT2D eigenvalue weighted by molar-refractivity contribution is 5.66. The molecule has 25 heavy (non-hydrogen) atoms. The van der Waals surface area contributed by atoms with Crippen molar-refractivity contribution in [3.05, 3.63) is 35.4 Å². The molecule has 1 aliphatic rings. The number of hydrogen-bond acceptors (Lipinski definition) is 2. The molecular weight excluding hydrogens is 312 g/mol. The van der Waals surface area contributed by atoms with Crippen molar-refractivity contribution in [1.29, 1.82) is 0 Å². The van der Waals surface area contributed by atoms with Gasteiger partial charge in [-0.25, -0.2) is 4.79 Å². The van der Waals surface area contributed by atoms with Gasteiger partial charge in [0, 0.05) is 13.1 Å². The fourth-order valence-corrected chi connectivity index (χ4v) is 4.35. The third-order valence-electron chi connectivity index (χ3n) is 5.61. The quantitative estimate of drug-likeness (QED) is 0.802. The van der Waals surface area contributed by atoms with Crippen molar-refractivity contribution in [2.45, 2.75) is 52.0 Å². The standard InChI is InChI=1S/C21H34N2O2/c1-6-19(16(3)14-22(4)5)17-8-7-9-18(13-17)20-12-15(2)10-11-23(20)21(24)25/h7-9,13,15-16,19-20H,6,10-12,14H2,1-5H3,(H,24,25)/t15?,16-,19+,20?/m0/s1. The monoisotopic (exact) mass is 346 g/mol. The molecular formula is C21H34N2O2. The summed E-state index contributed by atoms with van der Waals surface area (Å²) in [6, 6.07) is 8.67. The maximum absolute atomic E-state index is 11.7. The molecule has 1 aromatic rings. The van der Waals surface area contributed by atoms with Crippen LogP contribution in [0.2, 0.25) is 0 Å². The van der Waals surface area contributed by atoms with Crippen LogP contribution in [0.3, 0.4) is 0 Å².